The van der Waals surface area contributed by atoms with Gasteiger partial charge in [-0.2, -0.15) is 0 Å². The van der Waals surface area contributed by atoms with Crippen LogP contribution in [0.3, 0.4) is 0 Å². The summed E-state index contributed by atoms with van der Waals surface area (Å²) in [7, 11) is 0. The first-order valence-corrected chi connectivity index (χ1v) is 7.20. The summed E-state index contributed by atoms with van der Waals surface area (Å²) in [4.78, 5) is 0. The number of benzene rings is 1. The van der Waals surface area contributed by atoms with Crippen molar-refractivity contribution in [2.24, 2.45) is 0 Å². The van der Waals surface area contributed by atoms with Crippen LogP contribution in [0, 0.1) is 12.7 Å². The van der Waals surface area contributed by atoms with E-state index in [2.05, 4.69) is 12.2 Å². The van der Waals surface area contributed by atoms with Crippen molar-refractivity contribution in [3.63, 3.8) is 0 Å². The molecule has 0 heterocycles. The maximum Gasteiger partial charge on any atom is 0.123 e. The molecular formula is C16H24FN. The Morgan fingerprint density at radius 2 is 2.17 bits per heavy atom. The van der Waals surface area contributed by atoms with E-state index in [4.69, 9.17) is 0 Å². The Labute approximate surface area is 110 Å². The standard InChI is InChI=1S/C16H24FN/c1-3-9-18-15-6-4-5-13(11-15)16-8-7-14(17)10-12(16)2/h7-8,10,13,15,18H,3-6,9,11H2,1-2H3. The van der Waals surface area contributed by atoms with Crippen LogP contribution in [0.15, 0.2) is 18.2 Å². The van der Waals surface area contributed by atoms with Crippen LogP contribution in [-0.4, -0.2) is 12.6 Å². The quantitative estimate of drug-likeness (QED) is 0.845. The van der Waals surface area contributed by atoms with E-state index < -0.39 is 0 Å². The molecule has 1 aromatic rings. The lowest BCUT2D eigenvalue weighted by Crippen LogP contribution is -2.34. The first-order valence-electron chi connectivity index (χ1n) is 7.20. The van der Waals surface area contributed by atoms with Crippen molar-refractivity contribution in [2.45, 2.75) is 57.9 Å². The van der Waals surface area contributed by atoms with Gasteiger partial charge in [0.15, 0.2) is 0 Å². The highest BCUT2D eigenvalue weighted by atomic mass is 19.1. The summed E-state index contributed by atoms with van der Waals surface area (Å²) in [5.41, 5.74) is 2.45. The lowest BCUT2D eigenvalue weighted by Gasteiger charge is -2.31. The van der Waals surface area contributed by atoms with Gasteiger partial charge in [-0.15, -0.1) is 0 Å². The molecule has 1 N–H and O–H groups in total. The number of aryl methyl sites for hydroxylation is 1. The molecule has 2 unspecified atom stereocenters. The monoisotopic (exact) mass is 249 g/mol. The minimum atomic E-state index is -0.118. The molecule has 1 nitrogen and oxygen atoms in total. The highest BCUT2D eigenvalue weighted by Gasteiger charge is 2.23. The SMILES string of the molecule is CCCNC1CCCC(c2ccc(F)cc2C)C1. The molecule has 1 aliphatic carbocycles. The Kier molecular flexibility index (Phi) is 4.76. The normalized spacial score (nSPS) is 24.2. The van der Waals surface area contributed by atoms with E-state index >= 15 is 0 Å². The van der Waals surface area contributed by atoms with Gasteiger partial charge in [0.1, 0.15) is 5.82 Å². The Morgan fingerprint density at radius 3 is 2.89 bits per heavy atom. The van der Waals surface area contributed by atoms with Gasteiger partial charge in [-0.25, -0.2) is 4.39 Å². The van der Waals surface area contributed by atoms with E-state index in [0.29, 0.717) is 12.0 Å². The number of hydrogen-bond donors (Lipinski definition) is 1. The van der Waals surface area contributed by atoms with Gasteiger partial charge >= 0.3 is 0 Å². The molecule has 0 saturated heterocycles. The highest BCUT2D eigenvalue weighted by Crippen LogP contribution is 2.34. The molecule has 0 amide bonds. The number of nitrogens with one attached hydrogen (secondary N) is 1. The summed E-state index contributed by atoms with van der Waals surface area (Å²) in [6, 6.07) is 5.90. The van der Waals surface area contributed by atoms with Gasteiger partial charge in [-0.1, -0.05) is 19.4 Å². The lowest BCUT2D eigenvalue weighted by molar-refractivity contribution is 0.339. The van der Waals surface area contributed by atoms with Gasteiger partial charge in [-0.3, -0.25) is 0 Å². The fourth-order valence-electron chi connectivity index (χ4n) is 3.10. The van der Waals surface area contributed by atoms with Crippen LogP contribution in [0.1, 0.15) is 56.1 Å². The Bertz CT molecular complexity index is 389. The molecule has 1 fully saturated rings. The average molecular weight is 249 g/mol. The van der Waals surface area contributed by atoms with Crippen molar-refractivity contribution in [2.75, 3.05) is 6.54 Å². The van der Waals surface area contributed by atoms with Crippen LogP contribution in [0.2, 0.25) is 0 Å². The molecule has 1 aliphatic rings. The second kappa shape index (κ2) is 6.33. The fourth-order valence-corrected chi connectivity index (χ4v) is 3.10. The van der Waals surface area contributed by atoms with Crippen LogP contribution in [0.5, 0.6) is 0 Å². The van der Waals surface area contributed by atoms with Gasteiger partial charge in [0.2, 0.25) is 0 Å². The van der Waals surface area contributed by atoms with Crippen molar-refractivity contribution in [1.82, 2.24) is 5.32 Å². The van der Waals surface area contributed by atoms with Crippen LogP contribution in [0.25, 0.3) is 0 Å². The third-order valence-electron chi connectivity index (χ3n) is 4.03. The summed E-state index contributed by atoms with van der Waals surface area (Å²) < 4.78 is 13.1. The number of rotatable bonds is 4. The van der Waals surface area contributed by atoms with Crippen LogP contribution in [-0.2, 0) is 0 Å². The molecule has 2 atom stereocenters. The molecule has 0 radical (unpaired) electrons. The zero-order valence-electron chi connectivity index (χ0n) is 11.5. The van der Waals surface area contributed by atoms with Crippen molar-refractivity contribution in [3.05, 3.63) is 35.1 Å². The maximum absolute atomic E-state index is 13.1. The van der Waals surface area contributed by atoms with E-state index in [9.17, 15) is 4.39 Å². The predicted molar refractivity (Wildman–Crippen MR) is 74.4 cm³/mol. The molecule has 0 aromatic heterocycles. The third-order valence-corrected chi connectivity index (χ3v) is 4.03. The zero-order valence-corrected chi connectivity index (χ0v) is 11.5. The number of hydrogen-bond acceptors (Lipinski definition) is 1. The summed E-state index contributed by atoms with van der Waals surface area (Å²) in [6.45, 7) is 5.35. The molecule has 1 aromatic carbocycles. The molecule has 1 saturated carbocycles. The van der Waals surface area contributed by atoms with E-state index in [1.807, 2.05) is 13.0 Å². The van der Waals surface area contributed by atoms with E-state index in [1.54, 1.807) is 12.1 Å². The van der Waals surface area contributed by atoms with E-state index in [0.717, 1.165) is 12.1 Å². The van der Waals surface area contributed by atoms with E-state index in [1.165, 1.54) is 37.7 Å². The van der Waals surface area contributed by atoms with Crippen molar-refractivity contribution < 1.29 is 4.39 Å². The highest BCUT2D eigenvalue weighted by molar-refractivity contribution is 5.30. The Hall–Kier alpha value is -0.890. The summed E-state index contributed by atoms with van der Waals surface area (Å²) >= 11 is 0. The molecule has 18 heavy (non-hydrogen) atoms. The van der Waals surface area contributed by atoms with Crippen LogP contribution < -0.4 is 5.32 Å². The van der Waals surface area contributed by atoms with E-state index in [-0.39, 0.29) is 5.82 Å². The van der Waals surface area contributed by atoms with Crippen molar-refractivity contribution in [3.8, 4) is 0 Å². The largest absolute Gasteiger partial charge is 0.314 e. The molecule has 0 bridgehead atoms. The maximum atomic E-state index is 13.1. The average Bonchev–Trinajstić information content (AvgIpc) is 2.36. The molecular weight excluding hydrogens is 225 g/mol. The van der Waals surface area contributed by atoms with Crippen LogP contribution >= 0.6 is 0 Å². The van der Waals surface area contributed by atoms with Crippen LogP contribution in [0.4, 0.5) is 4.39 Å². The van der Waals surface area contributed by atoms with Crippen molar-refractivity contribution >= 4 is 0 Å². The molecule has 100 valence electrons. The smallest absolute Gasteiger partial charge is 0.123 e. The van der Waals surface area contributed by atoms with Crippen molar-refractivity contribution in [1.29, 1.82) is 0 Å². The lowest BCUT2D eigenvalue weighted by atomic mass is 9.80. The topological polar surface area (TPSA) is 12.0 Å². The third kappa shape index (κ3) is 3.32. The summed E-state index contributed by atoms with van der Waals surface area (Å²) in [5, 5.41) is 3.63. The van der Waals surface area contributed by atoms with Gasteiger partial charge in [0.05, 0.1) is 0 Å². The Morgan fingerprint density at radius 1 is 1.33 bits per heavy atom. The molecule has 2 rings (SSSR count). The zero-order chi connectivity index (χ0) is 13.0. The van der Waals surface area contributed by atoms with Gasteiger partial charge in [0, 0.05) is 6.04 Å². The first kappa shape index (κ1) is 13.5. The number of halogens is 1. The minimum absolute atomic E-state index is 0.118. The second-order valence-electron chi connectivity index (χ2n) is 5.52. The van der Waals surface area contributed by atoms with Gasteiger partial charge in [-0.05, 0) is 68.3 Å². The predicted octanol–water partition coefficient (Wildman–Crippen LogP) is 4.16. The molecule has 0 aliphatic heterocycles. The molecule has 2 heteroatoms. The van der Waals surface area contributed by atoms with Gasteiger partial charge < -0.3 is 5.32 Å². The minimum Gasteiger partial charge on any atom is -0.314 e. The Balaban J connectivity index is 2.03. The summed E-state index contributed by atoms with van der Waals surface area (Å²) in [6.07, 6.45) is 6.21. The summed E-state index contributed by atoms with van der Waals surface area (Å²) in [5.74, 6) is 0.487. The van der Waals surface area contributed by atoms with Gasteiger partial charge in [0.25, 0.3) is 0 Å². The molecule has 0 spiro atoms. The first-order chi connectivity index (χ1) is 8.70. The fraction of sp³-hybridized carbons (Fsp3) is 0.625. The second-order valence-corrected chi connectivity index (χ2v) is 5.52.